The van der Waals surface area contributed by atoms with Crippen molar-refractivity contribution >= 4 is 22.7 Å². The molecule has 188 valence electrons. The predicted molar refractivity (Wildman–Crippen MR) is 141 cm³/mol. The van der Waals surface area contributed by atoms with Gasteiger partial charge in [0.2, 0.25) is 5.95 Å². The van der Waals surface area contributed by atoms with Crippen LogP contribution in [-0.4, -0.2) is 70.7 Å². The van der Waals surface area contributed by atoms with Crippen LogP contribution in [0, 0.1) is 0 Å². The normalized spacial score (nSPS) is 15.9. The van der Waals surface area contributed by atoms with Gasteiger partial charge in [-0.25, -0.2) is 4.98 Å². The van der Waals surface area contributed by atoms with Gasteiger partial charge in [-0.2, -0.15) is 4.98 Å². The number of pyridine rings is 1. The number of hydrogen-bond donors (Lipinski definition) is 2. The number of piperazine rings is 1. The van der Waals surface area contributed by atoms with Gasteiger partial charge in [0.1, 0.15) is 17.0 Å². The Bertz CT molecular complexity index is 1220. The number of nitrogens with one attached hydrogen (secondary N) is 1. The van der Waals surface area contributed by atoms with Crippen LogP contribution in [0.3, 0.4) is 0 Å². The first-order valence-electron chi connectivity index (χ1n) is 12.4. The van der Waals surface area contributed by atoms with Gasteiger partial charge >= 0.3 is 0 Å². The Morgan fingerprint density at radius 2 is 1.91 bits per heavy atom. The molecule has 0 saturated carbocycles. The topological polar surface area (TPSA) is 102 Å². The minimum atomic E-state index is -0.155. The summed E-state index contributed by atoms with van der Waals surface area (Å²) in [4.78, 5) is 27.0. The number of likely N-dealkylation sites (N-methyl/N-ethyl adjacent to an activating group) is 1. The fourth-order valence-corrected chi connectivity index (χ4v) is 4.63. The molecule has 9 nitrogen and oxygen atoms in total. The molecule has 1 aliphatic heterocycles. The summed E-state index contributed by atoms with van der Waals surface area (Å²) >= 11 is 0. The van der Waals surface area contributed by atoms with Gasteiger partial charge in [0.15, 0.2) is 0 Å². The zero-order chi connectivity index (χ0) is 24.9. The van der Waals surface area contributed by atoms with E-state index in [2.05, 4.69) is 64.2 Å². The molecule has 1 aromatic carbocycles. The first kappa shape index (κ1) is 24.9. The maximum Gasteiger partial charge on any atom is 0.264 e. The van der Waals surface area contributed by atoms with Crippen LogP contribution < -0.4 is 21.3 Å². The molecule has 0 aliphatic carbocycles. The highest BCUT2D eigenvalue weighted by molar-refractivity contribution is 5.89. The Labute approximate surface area is 206 Å². The molecule has 2 aromatic heterocycles. The number of benzene rings is 1. The van der Waals surface area contributed by atoms with Crippen molar-refractivity contribution in [1.29, 1.82) is 0 Å². The molecule has 3 heterocycles. The second-order valence-corrected chi connectivity index (χ2v) is 9.50. The van der Waals surface area contributed by atoms with Crippen molar-refractivity contribution in [3.8, 4) is 5.75 Å². The fraction of sp³-hybridized carbons (Fsp3) is 0.500. The van der Waals surface area contributed by atoms with Gasteiger partial charge in [-0.05, 0) is 38.1 Å². The van der Waals surface area contributed by atoms with Crippen LogP contribution in [0.25, 0.3) is 10.9 Å². The zero-order valence-electron chi connectivity index (χ0n) is 21.3. The Morgan fingerprint density at radius 1 is 1.14 bits per heavy atom. The molecule has 9 heteroatoms. The monoisotopic (exact) mass is 479 g/mol. The summed E-state index contributed by atoms with van der Waals surface area (Å²) in [5, 5.41) is 3.81. The number of nitrogen functional groups attached to an aromatic ring is 1. The van der Waals surface area contributed by atoms with E-state index in [-0.39, 0.29) is 17.5 Å². The summed E-state index contributed by atoms with van der Waals surface area (Å²) in [6, 6.07) is 8.26. The molecule has 4 rings (SSSR count). The van der Waals surface area contributed by atoms with E-state index in [1.165, 1.54) is 5.56 Å². The van der Waals surface area contributed by atoms with E-state index < -0.39 is 0 Å². The number of methoxy groups -OCH3 is 1. The summed E-state index contributed by atoms with van der Waals surface area (Å²) < 4.78 is 7.39. The van der Waals surface area contributed by atoms with Gasteiger partial charge in [0.05, 0.1) is 19.2 Å². The summed E-state index contributed by atoms with van der Waals surface area (Å²) in [6.45, 7) is 9.78. The number of nitrogens with zero attached hydrogens (tertiary/aromatic N) is 5. The lowest BCUT2D eigenvalue weighted by atomic mass is 10.1. The van der Waals surface area contributed by atoms with E-state index in [0.29, 0.717) is 23.3 Å². The number of hydrogen-bond acceptors (Lipinski definition) is 8. The number of rotatable bonds is 9. The van der Waals surface area contributed by atoms with Crippen LogP contribution >= 0.6 is 0 Å². The Kier molecular flexibility index (Phi) is 7.87. The molecule has 0 amide bonds. The predicted octanol–water partition coefficient (Wildman–Crippen LogP) is 2.78. The molecule has 0 radical (unpaired) electrons. The lowest BCUT2D eigenvalue weighted by molar-refractivity contribution is 0.148. The third-order valence-electron chi connectivity index (χ3n) is 6.64. The maximum absolute atomic E-state index is 13.5. The molecule has 3 N–H and O–H groups in total. The van der Waals surface area contributed by atoms with E-state index in [0.717, 1.165) is 56.9 Å². The van der Waals surface area contributed by atoms with Gasteiger partial charge < -0.3 is 25.3 Å². The van der Waals surface area contributed by atoms with E-state index in [1.807, 2.05) is 6.07 Å². The second kappa shape index (κ2) is 11.0. The molecule has 35 heavy (non-hydrogen) atoms. The van der Waals surface area contributed by atoms with Crippen LogP contribution in [0.5, 0.6) is 5.75 Å². The molecular weight excluding hydrogens is 442 g/mol. The van der Waals surface area contributed by atoms with Crippen LogP contribution in [-0.2, 0) is 13.1 Å². The average molecular weight is 480 g/mol. The molecule has 0 unspecified atom stereocenters. The highest BCUT2D eigenvalue weighted by Gasteiger charge is 2.17. The quantitative estimate of drug-likeness (QED) is 0.483. The number of anilines is 2. The molecule has 0 bridgehead atoms. The maximum atomic E-state index is 13.5. The smallest absolute Gasteiger partial charge is 0.264 e. The highest BCUT2D eigenvalue weighted by Crippen LogP contribution is 2.24. The third-order valence-corrected chi connectivity index (χ3v) is 6.64. The number of nitrogens with two attached hydrogens (primary N) is 1. The second-order valence-electron chi connectivity index (χ2n) is 9.50. The molecular formula is C26H37N7O2. The van der Waals surface area contributed by atoms with Crippen LogP contribution in [0.4, 0.5) is 11.8 Å². The van der Waals surface area contributed by atoms with E-state index in [9.17, 15) is 4.79 Å². The number of aromatic nitrogens is 3. The van der Waals surface area contributed by atoms with Crippen LogP contribution in [0.2, 0.25) is 0 Å². The lowest BCUT2D eigenvalue weighted by Gasteiger charge is -2.32. The fourth-order valence-electron chi connectivity index (χ4n) is 4.63. The SMILES string of the molecule is CCC[C@@H](C)Nc1nc(N)nc2ccn(Cc3ccc(CN4CCN(C)CC4)cc3OC)c(=O)c12. The van der Waals surface area contributed by atoms with Crippen molar-refractivity contribution in [2.75, 3.05) is 51.4 Å². The van der Waals surface area contributed by atoms with Gasteiger partial charge in [-0.3, -0.25) is 9.69 Å². The molecule has 1 aliphatic rings. The largest absolute Gasteiger partial charge is 0.496 e. The number of ether oxygens (including phenoxy) is 1. The lowest BCUT2D eigenvalue weighted by Crippen LogP contribution is -2.43. The van der Waals surface area contributed by atoms with Crippen molar-refractivity contribution in [2.45, 2.75) is 45.8 Å². The minimum Gasteiger partial charge on any atom is -0.496 e. The van der Waals surface area contributed by atoms with Gasteiger partial charge in [0, 0.05) is 50.5 Å². The van der Waals surface area contributed by atoms with E-state index in [4.69, 9.17) is 10.5 Å². The highest BCUT2D eigenvalue weighted by atomic mass is 16.5. The molecule has 1 atom stereocenters. The van der Waals surface area contributed by atoms with Crippen molar-refractivity contribution in [2.24, 2.45) is 0 Å². The third kappa shape index (κ3) is 5.91. The summed E-state index contributed by atoms with van der Waals surface area (Å²) in [5.74, 6) is 1.42. The standard InChI is InChI=1S/C26H37N7O2/c1-5-6-18(2)28-24-23-21(29-26(27)30-24)9-10-33(25(23)34)17-20-8-7-19(15-22(20)35-4)16-32-13-11-31(3)12-14-32/h7-10,15,18H,5-6,11-14,16-17H2,1-4H3,(H3,27,28,29,30)/t18-/m1/s1. The summed E-state index contributed by atoms with van der Waals surface area (Å²) in [7, 11) is 3.84. The van der Waals surface area contributed by atoms with E-state index >= 15 is 0 Å². The Balaban J connectivity index is 1.60. The van der Waals surface area contributed by atoms with Gasteiger partial charge in [-0.15, -0.1) is 0 Å². The minimum absolute atomic E-state index is 0.151. The average Bonchev–Trinajstić information content (AvgIpc) is 2.83. The van der Waals surface area contributed by atoms with E-state index in [1.54, 1.807) is 17.9 Å². The van der Waals surface area contributed by atoms with Gasteiger partial charge in [-0.1, -0.05) is 25.5 Å². The first-order chi connectivity index (χ1) is 16.9. The number of fused-ring (bicyclic) bond motifs is 1. The molecule has 1 fully saturated rings. The van der Waals surface area contributed by atoms with Crippen molar-refractivity contribution in [1.82, 2.24) is 24.3 Å². The van der Waals surface area contributed by atoms with Crippen molar-refractivity contribution < 1.29 is 4.74 Å². The molecule has 1 saturated heterocycles. The van der Waals surface area contributed by atoms with Crippen molar-refractivity contribution in [3.05, 3.63) is 51.9 Å². The summed E-state index contributed by atoms with van der Waals surface area (Å²) in [5.41, 5.74) is 8.46. The molecule has 0 spiro atoms. The Morgan fingerprint density at radius 3 is 2.63 bits per heavy atom. The Hall–Kier alpha value is -3.17. The van der Waals surface area contributed by atoms with Crippen LogP contribution in [0.15, 0.2) is 35.3 Å². The zero-order valence-corrected chi connectivity index (χ0v) is 21.3. The van der Waals surface area contributed by atoms with Crippen molar-refractivity contribution in [3.63, 3.8) is 0 Å². The summed E-state index contributed by atoms with van der Waals surface area (Å²) in [6.07, 6.45) is 3.75. The first-order valence-corrected chi connectivity index (χ1v) is 12.4. The van der Waals surface area contributed by atoms with Gasteiger partial charge in [0.25, 0.3) is 5.56 Å². The molecule has 3 aromatic rings. The van der Waals surface area contributed by atoms with Crippen LogP contribution in [0.1, 0.15) is 37.8 Å².